The largest absolute Gasteiger partial charge is 0.467 e. The molecule has 0 aliphatic heterocycles. The molecule has 0 unspecified atom stereocenters. The lowest BCUT2D eigenvalue weighted by atomic mass is 10.0. The summed E-state index contributed by atoms with van der Waals surface area (Å²) in [5.41, 5.74) is 2.84. The minimum atomic E-state index is -1.02. The molecule has 0 bridgehead atoms. The van der Waals surface area contributed by atoms with Gasteiger partial charge in [-0.3, -0.25) is 9.59 Å². The van der Waals surface area contributed by atoms with Crippen LogP contribution in [0.3, 0.4) is 0 Å². The van der Waals surface area contributed by atoms with Crippen molar-refractivity contribution in [2.45, 2.75) is 40.3 Å². The van der Waals surface area contributed by atoms with Gasteiger partial charge in [0.05, 0.1) is 24.1 Å². The van der Waals surface area contributed by atoms with Crippen molar-refractivity contribution in [3.8, 4) is 0 Å². The third-order valence-electron chi connectivity index (χ3n) is 4.87. The summed E-state index contributed by atoms with van der Waals surface area (Å²) >= 11 is 0. The Morgan fingerprint density at radius 3 is 2.50 bits per heavy atom. The topological polar surface area (TPSA) is 101 Å². The van der Waals surface area contributed by atoms with E-state index in [0.29, 0.717) is 34.6 Å². The number of furan rings is 1. The van der Waals surface area contributed by atoms with E-state index >= 15 is 0 Å². The van der Waals surface area contributed by atoms with E-state index in [0.717, 1.165) is 5.76 Å². The van der Waals surface area contributed by atoms with E-state index in [1.807, 2.05) is 6.07 Å². The molecule has 0 saturated heterocycles. The van der Waals surface area contributed by atoms with Crippen LogP contribution in [0.15, 0.2) is 47.1 Å². The zero-order valence-corrected chi connectivity index (χ0v) is 17.4. The first-order valence-corrected chi connectivity index (χ1v) is 9.60. The van der Waals surface area contributed by atoms with Crippen LogP contribution in [0.4, 0.5) is 5.69 Å². The van der Waals surface area contributed by atoms with Crippen molar-refractivity contribution in [3.63, 3.8) is 0 Å². The summed E-state index contributed by atoms with van der Waals surface area (Å²) < 4.78 is 10.7. The summed E-state index contributed by atoms with van der Waals surface area (Å²) in [4.78, 5) is 40.3. The van der Waals surface area contributed by atoms with Crippen LogP contribution >= 0.6 is 0 Å². The molecule has 7 nitrogen and oxygen atoms in total. The third-order valence-corrected chi connectivity index (χ3v) is 4.87. The maximum Gasteiger partial charge on any atom is 0.340 e. The average molecular weight is 408 g/mol. The molecule has 0 fully saturated rings. The van der Waals surface area contributed by atoms with Crippen LogP contribution in [0.5, 0.6) is 0 Å². The molecule has 2 aromatic heterocycles. The number of rotatable bonds is 8. The first-order chi connectivity index (χ1) is 14.3. The molecule has 1 aromatic carbocycles. The molecule has 3 rings (SSSR count). The summed E-state index contributed by atoms with van der Waals surface area (Å²) in [7, 11) is 0. The van der Waals surface area contributed by atoms with Crippen LogP contribution in [-0.4, -0.2) is 28.6 Å². The number of aryl methyl sites for hydroxylation is 1. The Labute approximate surface area is 174 Å². The van der Waals surface area contributed by atoms with Crippen LogP contribution in [0.1, 0.15) is 62.1 Å². The van der Waals surface area contributed by atoms with E-state index in [-0.39, 0.29) is 11.5 Å². The minimum Gasteiger partial charge on any atom is -0.467 e. The molecular formula is C23H24N2O5. The number of carbonyl (C=O) groups excluding carboxylic acids is 3. The van der Waals surface area contributed by atoms with Crippen LogP contribution in [0, 0.1) is 13.8 Å². The van der Waals surface area contributed by atoms with Crippen molar-refractivity contribution in [2.75, 3.05) is 5.32 Å². The standard InChI is InChI=1S/C23H24N2O5/c1-13-20(15(3)26)14(2)25-21(13)22(27)16(4)30-23(28)18-9-5-6-10-19(18)24-12-17-8-7-11-29-17/h5-11,16,24-25H,12H2,1-4H3/t16-/m0/s1. The van der Waals surface area contributed by atoms with Crippen LogP contribution in [0.25, 0.3) is 0 Å². The molecule has 0 spiro atoms. The first-order valence-electron chi connectivity index (χ1n) is 9.60. The Balaban J connectivity index is 1.74. The monoisotopic (exact) mass is 408 g/mol. The number of ether oxygens (including phenoxy) is 1. The predicted octanol–water partition coefficient (Wildman–Crippen LogP) is 4.47. The van der Waals surface area contributed by atoms with Crippen molar-refractivity contribution in [2.24, 2.45) is 0 Å². The number of aromatic nitrogens is 1. The highest BCUT2D eigenvalue weighted by atomic mass is 16.5. The quantitative estimate of drug-likeness (QED) is 0.421. The fourth-order valence-corrected chi connectivity index (χ4v) is 3.42. The van der Waals surface area contributed by atoms with Gasteiger partial charge in [0.1, 0.15) is 5.76 Å². The van der Waals surface area contributed by atoms with Gasteiger partial charge in [0.25, 0.3) is 0 Å². The summed E-state index contributed by atoms with van der Waals surface area (Å²) in [6, 6.07) is 10.5. The lowest BCUT2D eigenvalue weighted by Crippen LogP contribution is -2.25. The van der Waals surface area contributed by atoms with Gasteiger partial charge in [-0.15, -0.1) is 0 Å². The van der Waals surface area contributed by atoms with Crippen molar-refractivity contribution in [1.82, 2.24) is 4.98 Å². The predicted molar refractivity (Wildman–Crippen MR) is 112 cm³/mol. The number of esters is 1. The number of para-hydroxylation sites is 1. The zero-order valence-electron chi connectivity index (χ0n) is 17.4. The molecule has 156 valence electrons. The molecule has 0 aliphatic rings. The third kappa shape index (κ3) is 4.35. The molecule has 0 amide bonds. The first kappa shape index (κ1) is 21.1. The summed E-state index contributed by atoms with van der Waals surface area (Å²) in [6.45, 7) is 6.81. The van der Waals surface area contributed by atoms with Crippen LogP contribution < -0.4 is 5.32 Å². The summed E-state index contributed by atoms with van der Waals surface area (Å²) in [6.07, 6.45) is 0.555. The highest BCUT2D eigenvalue weighted by Crippen LogP contribution is 2.22. The fraction of sp³-hybridized carbons (Fsp3) is 0.261. The number of carbonyl (C=O) groups is 3. The van der Waals surface area contributed by atoms with Gasteiger partial charge >= 0.3 is 5.97 Å². The molecule has 0 radical (unpaired) electrons. The normalized spacial score (nSPS) is 11.7. The van der Waals surface area contributed by atoms with Gasteiger partial charge in [0.2, 0.25) is 5.78 Å². The highest BCUT2D eigenvalue weighted by molar-refractivity contribution is 6.06. The molecule has 1 atom stereocenters. The second-order valence-corrected chi connectivity index (χ2v) is 7.07. The Kier molecular flexibility index (Phi) is 6.20. The SMILES string of the molecule is CC(=O)c1c(C)[nH]c(C(=O)[C@H](C)OC(=O)c2ccccc2NCc2ccco2)c1C. The van der Waals surface area contributed by atoms with Crippen molar-refractivity contribution >= 4 is 23.2 Å². The highest BCUT2D eigenvalue weighted by Gasteiger charge is 2.27. The Morgan fingerprint density at radius 2 is 1.87 bits per heavy atom. The molecule has 0 aliphatic carbocycles. The second kappa shape index (κ2) is 8.82. The Morgan fingerprint density at radius 1 is 1.13 bits per heavy atom. The Bertz CT molecular complexity index is 1080. The number of nitrogens with one attached hydrogen (secondary N) is 2. The van der Waals surface area contributed by atoms with Gasteiger partial charge in [-0.2, -0.15) is 0 Å². The van der Waals surface area contributed by atoms with Crippen molar-refractivity contribution in [1.29, 1.82) is 0 Å². The van der Waals surface area contributed by atoms with E-state index in [9.17, 15) is 14.4 Å². The molecular weight excluding hydrogens is 384 g/mol. The van der Waals surface area contributed by atoms with Crippen LogP contribution in [0.2, 0.25) is 0 Å². The molecule has 2 N–H and O–H groups in total. The van der Waals surface area contributed by atoms with E-state index < -0.39 is 17.9 Å². The van der Waals surface area contributed by atoms with E-state index in [1.54, 1.807) is 50.4 Å². The number of hydrogen-bond donors (Lipinski definition) is 2. The lowest BCUT2D eigenvalue weighted by Gasteiger charge is -2.15. The second-order valence-electron chi connectivity index (χ2n) is 7.07. The molecule has 30 heavy (non-hydrogen) atoms. The van der Waals surface area contributed by atoms with Gasteiger partial charge in [-0.25, -0.2) is 4.79 Å². The zero-order chi connectivity index (χ0) is 21.8. The fourth-order valence-electron chi connectivity index (χ4n) is 3.42. The number of Topliss-reactive ketones (excluding diaryl/α,β-unsaturated/α-hetero) is 2. The summed E-state index contributed by atoms with van der Waals surface area (Å²) in [5, 5.41) is 3.14. The van der Waals surface area contributed by atoms with Gasteiger partial charge in [-0.05, 0) is 57.5 Å². The maximum atomic E-state index is 12.8. The Hall–Kier alpha value is -3.61. The van der Waals surface area contributed by atoms with Crippen molar-refractivity contribution in [3.05, 3.63) is 76.5 Å². The number of benzene rings is 1. The van der Waals surface area contributed by atoms with Gasteiger partial charge < -0.3 is 19.5 Å². The van der Waals surface area contributed by atoms with Gasteiger partial charge in [0, 0.05) is 16.9 Å². The van der Waals surface area contributed by atoms with E-state index in [2.05, 4.69) is 10.3 Å². The number of aromatic amines is 1. The lowest BCUT2D eigenvalue weighted by molar-refractivity contribution is 0.0318. The summed E-state index contributed by atoms with van der Waals surface area (Å²) in [5.74, 6) is -0.411. The van der Waals surface area contributed by atoms with E-state index in [1.165, 1.54) is 13.8 Å². The minimum absolute atomic E-state index is 0.124. The van der Waals surface area contributed by atoms with E-state index in [4.69, 9.17) is 9.15 Å². The molecule has 7 heteroatoms. The van der Waals surface area contributed by atoms with Crippen molar-refractivity contribution < 1.29 is 23.5 Å². The van der Waals surface area contributed by atoms with Crippen LogP contribution in [-0.2, 0) is 11.3 Å². The smallest absolute Gasteiger partial charge is 0.340 e. The molecule has 2 heterocycles. The molecule has 3 aromatic rings. The number of H-pyrrole nitrogens is 1. The van der Waals surface area contributed by atoms with Gasteiger partial charge in [-0.1, -0.05) is 12.1 Å². The number of hydrogen-bond acceptors (Lipinski definition) is 6. The number of ketones is 2. The number of anilines is 1. The maximum absolute atomic E-state index is 12.8. The molecule has 0 saturated carbocycles. The average Bonchev–Trinajstić information content (AvgIpc) is 3.33. The van der Waals surface area contributed by atoms with Gasteiger partial charge in [0.15, 0.2) is 11.9 Å².